The summed E-state index contributed by atoms with van der Waals surface area (Å²) >= 11 is 0. The van der Waals surface area contributed by atoms with Gasteiger partial charge in [-0.05, 0) is 24.1 Å². The van der Waals surface area contributed by atoms with Crippen molar-refractivity contribution in [1.82, 2.24) is 10.3 Å². The van der Waals surface area contributed by atoms with Gasteiger partial charge < -0.3 is 5.11 Å². The Balaban J connectivity index is 1.95. The van der Waals surface area contributed by atoms with Gasteiger partial charge in [0.2, 0.25) is 0 Å². The summed E-state index contributed by atoms with van der Waals surface area (Å²) in [6.07, 6.45) is 2.16. The van der Waals surface area contributed by atoms with Crippen molar-refractivity contribution in [2.75, 3.05) is 0 Å². The molecule has 0 saturated heterocycles. The molecule has 0 aliphatic rings. The number of aliphatic carboxylic acids is 1. The van der Waals surface area contributed by atoms with Gasteiger partial charge in [0, 0.05) is 12.7 Å². The molecule has 1 heterocycles. The summed E-state index contributed by atoms with van der Waals surface area (Å²) < 4.78 is 0. The fraction of sp³-hybridized carbons (Fsp3) is 0.200. The van der Waals surface area contributed by atoms with Gasteiger partial charge in [-0.3, -0.25) is 15.1 Å². The first-order valence-electron chi connectivity index (χ1n) is 6.16. The molecule has 0 radical (unpaired) electrons. The second kappa shape index (κ2) is 6.66. The topological polar surface area (TPSA) is 62.2 Å². The Morgan fingerprint density at radius 1 is 1.16 bits per heavy atom. The molecule has 0 spiro atoms. The number of carboxylic acids is 1. The van der Waals surface area contributed by atoms with Crippen molar-refractivity contribution in [3.8, 4) is 0 Å². The number of hydrogen-bond donors (Lipinski definition) is 2. The lowest BCUT2D eigenvalue weighted by molar-refractivity contribution is -0.139. The van der Waals surface area contributed by atoms with E-state index in [1.165, 1.54) is 0 Å². The quantitative estimate of drug-likeness (QED) is 0.828. The predicted molar refractivity (Wildman–Crippen MR) is 72.6 cm³/mol. The highest BCUT2D eigenvalue weighted by molar-refractivity contribution is 5.73. The van der Waals surface area contributed by atoms with Crippen molar-refractivity contribution in [2.24, 2.45) is 0 Å². The maximum Gasteiger partial charge on any atom is 0.321 e. The van der Waals surface area contributed by atoms with E-state index in [4.69, 9.17) is 0 Å². The number of nitrogens with zero attached hydrogens (tertiary/aromatic N) is 1. The predicted octanol–water partition coefficient (Wildman–Crippen LogP) is 1.87. The largest absolute Gasteiger partial charge is 0.480 e. The van der Waals surface area contributed by atoms with Crippen LogP contribution in [0.2, 0.25) is 0 Å². The number of rotatable bonds is 6. The summed E-state index contributed by atoms with van der Waals surface area (Å²) in [5, 5.41) is 12.3. The molecule has 0 fully saturated rings. The van der Waals surface area contributed by atoms with E-state index in [1.54, 1.807) is 6.20 Å². The Kier molecular flexibility index (Phi) is 4.64. The van der Waals surface area contributed by atoms with Crippen LogP contribution in [0.25, 0.3) is 0 Å². The second-order valence-electron chi connectivity index (χ2n) is 4.28. The molecule has 19 heavy (non-hydrogen) atoms. The molecule has 1 atom stereocenters. The SMILES string of the molecule is O=C(O)[C@H](Cc1ccccc1)NCc1ccccn1. The highest BCUT2D eigenvalue weighted by Gasteiger charge is 2.17. The van der Waals surface area contributed by atoms with E-state index in [0.717, 1.165) is 11.3 Å². The van der Waals surface area contributed by atoms with Gasteiger partial charge in [-0.15, -0.1) is 0 Å². The number of carbonyl (C=O) groups is 1. The highest BCUT2D eigenvalue weighted by Crippen LogP contribution is 2.04. The molecule has 2 aromatic rings. The van der Waals surface area contributed by atoms with Gasteiger partial charge >= 0.3 is 5.97 Å². The zero-order chi connectivity index (χ0) is 13.5. The maximum atomic E-state index is 11.2. The smallest absolute Gasteiger partial charge is 0.321 e. The minimum Gasteiger partial charge on any atom is -0.480 e. The Morgan fingerprint density at radius 2 is 1.89 bits per heavy atom. The van der Waals surface area contributed by atoms with Crippen LogP contribution in [-0.2, 0) is 17.8 Å². The van der Waals surface area contributed by atoms with Crippen LogP contribution < -0.4 is 5.32 Å². The van der Waals surface area contributed by atoms with E-state index in [2.05, 4.69) is 10.3 Å². The molecule has 4 heteroatoms. The van der Waals surface area contributed by atoms with E-state index >= 15 is 0 Å². The van der Waals surface area contributed by atoms with Crippen LogP contribution in [0.4, 0.5) is 0 Å². The lowest BCUT2D eigenvalue weighted by atomic mass is 10.1. The molecule has 2 N–H and O–H groups in total. The van der Waals surface area contributed by atoms with Crippen LogP contribution in [0, 0.1) is 0 Å². The average Bonchev–Trinajstić information content (AvgIpc) is 2.45. The zero-order valence-corrected chi connectivity index (χ0v) is 10.5. The Morgan fingerprint density at radius 3 is 2.53 bits per heavy atom. The fourth-order valence-electron chi connectivity index (χ4n) is 1.83. The van der Waals surface area contributed by atoms with Crippen molar-refractivity contribution in [1.29, 1.82) is 0 Å². The summed E-state index contributed by atoms with van der Waals surface area (Å²) in [6.45, 7) is 0.449. The van der Waals surface area contributed by atoms with Crippen LogP contribution in [0.15, 0.2) is 54.7 Å². The van der Waals surface area contributed by atoms with Crippen LogP contribution in [-0.4, -0.2) is 22.1 Å². The Labute approximate surface area is 112 Å². The molecule has 0 aliphatic carbocycles. The summed E-state index contributed by atoms with van der Waals surface area (Å²) in [7, 11) is 0. The standard InChI is InChI=1S/C15H16N2O2/c18-15(19)14(10-12-6-2-1-3-7-12)17-11-13-8-4-5-9-16-13/h1-9,14,17H,10-11H2,(H,18,19)/t14-/m0/s1. The van der Waals surface area contributed by atoms with Gasteiger partial charge in [0.15, 0.2) is 0 Å². The van der Waals surface area contributed by atoms with Gasteiger partial charge in [0.1, 0.15) is 6.04 Å². The number of benzene rings is 1. The first-order valence-corrected chi connectivity index (χ1v) is 6.16. The van der Waals surface area contributed by atoms with Gasteiger partial charge in [-0.25, -0.2) is 0 Å². The molecule has 4 nitrogen and oxygen atoms in total. The first kappa shape index (κ1) is 13.2. The van der Waals surface area contributed by atoms with Gasteiger partial charge in [0.05, 0.1) is 5.69 Å². The molecular formula is C15H16N2O2. The van der Waals surface area contributed by atoms with E-state index < -0.39 is 12.0 Å². The monoisotopic (exact) mass is 256 g/mol. The average molecular weight is 256 g/mol. The van der Waals surface area contributed by atoms with E-state index in [9.17, 15) is 9.90 Å². The lowest BCUT2D eigenvalue weighted by Crippen LogP contribution is -2.38. The molecule has 1 aromatic heterocycles. The molecular weight excluding hydrogens is 240 g/mol. The normalized spacial score (nSPS) is 12.0. The number of hydrogen-bond acceptors (Lipinski definition) is 3. The van der Waals surface area contributed by atoms with E-state index in [0.29, 0.717) is 13.0 Å². The van der Waals surface area contributed by atoms with Crippen LogP contribution in [0.3, 0.4) is 0 Å². The minimum atomic E-state index is -0.847. The molecule has 0 aliphatic heterocycles. The van der Waals surface area contributed by atoms with Crippen molar-refractivity contribution in [2.45, 2.75) is 19.0 Å². The highest BCUT2D eigenvalue weighted by atomic mass is 16.4. The zero-order valence-electron chi connectivity index (χ0n) is 10.5. The molecule has 0 amide bonds. The molecule has 0 bridgehead atoms. The fourth-order valence-corrected chi connectivity index (χ4v) is 1.83. The number of nitrogens with one attached hydrogen (secondary N) is 1. The van der Waals surface area contributed by atoms with Gasteiger partial charge in [0.25, 0.3) is 0 Å². The summed E-state index contributed by atoms with van der Waals surface area (Å²) in [5.74, 6) is -0.847. The molecule has 98 valence electrons. The van der Waals surface area contributed by atoms with E-state index in [-0.39, 0.29) is 0 Å². The van der Waals surface area contributed by atoms with Crippen molar-refractivity contribution in [3.63, 3.8) is 0 Å². The first-order chi connectivity index (χ1) is 9.25. The number of aromatic nitrogens is 1. The van der Waals surface area contributed by atoms with Gasteiger partial charge in [-0.1, -0.05) is 36.4 Å². The van der Waals surface area contributed by atoms with Crippen LogP contribution in [0.5, 0.6) is 0 Å². The molecule has 2 rings (SSSR count). The third-order valence-corrected chi connectivity index (χ3v) is 2.84. The molecule has 0 saturated carbocycles. The van der Waals surface area contributed by atoms with Crippen molar-refractivity contribution >= 4 is 5.97 Å². The molecule has 0 unspecified atom stereocenters. The maximum absolute atomic E-state index is 11.2. The van der Waals surface area contributed by atoms with Crippen LogP contribution in [0.1, 0.15) is 11.3 Å². The Hall–Kier alpha value is -2.20. The summed E-state index contributed by atoms with van der Waals surface area (Å²) in [6, 6.07) is 14.6. The van der Waals surface area contributed by atoms with Crippen molar-refractivity contribution in [3.05, 3.63) is 66.0 Å². The minimum absolute atomic E-state index is 0.449. The Bertz CT molecular complexity index is 514. The number of carboxylic acid groups (broad SMARTS) is 1. The summed E-state index contributed by atoms with van der Waals surface area (Å²) in [5.41, 5.74) is 1.84. The third kappa shape index (κ3) is 4.19. The molecule has 1 aromatic carbocycles. The van der Waals surface area contributed by atoms with Crippen molar-refractivity contribution < 1.29 is 9.90 Å². The van der Waals surface area contributed by atoms with Gasteiger partial charge in [-0.2, -0.15) is 0 Å². The number of pyridine rings is 1. The van der Waals surface area contributed by atoms with E-state index in [1.807, 2.05) is 48.5 Å². The second-order valence-corrected chi connectivity index (χ2v) is 4.28. The third-order valence-electron chi connectivity index (χ3n) is 2.84. The summed E-state index contributed by atoms with van der Waals surface area (Å²) in [4.78, 5) is 15.4. The van der Waals surface area contributed by atoms with Crippen LogP contribution >= 0.6 is 0 Å². The lowest BCUT2D eigenvalue weighted by Gasteiger charge is -2.14.